The van der Waals surface area contributed by atoms with E-state index in [0.29, 0.717) is 0 Å². The summed E-state index contributed by atoms with van der Waals surface area (Å²) in [5, 5.41) is 13.9. The molecule has 0 aromatic carbocycles. The van der Waals surface area contributed by atoms with E-state index < -0.39 is 5.60 Å². The number of rotatable bonds is 1. The van der Waals surface area contributed by atoms with Crippen LogP contribution in [0.4, 0.5) is 0 Å². The minimum atomic E-state index is -0.755. The SMILES string of the molecule is Cc1cocc1C1(O)CCCNC1C. The Morgan fingerprint density at radius 2 is 2.36 bits per heavy atom. The highest BCUT2D eigenvalue weighted by molar-refractivity contribution is 5.28. The van der Waals surface area contributed by atoms with E-state index in [1.54, 1.807) is 12.5 Å². The van der Waals surface area contributed by atoms with E-state index in [-0.39, 0.29) is 6.04 Å². The summed E-state index contributed by atoms with van der Waals surface area (Å²) in [5.41, 5.74) is 1.20. The van der Waals surface area contributed by atoms with Crippen molar-refractivity contribution in [2.45, 2.75) is 38.3 Å². The van der Waals surface area contributed by atoms with Gasteiger partial charge in [0.15, 0.2) is 0 Å². The van der Waals surface area contributed by atoms with Gasteiger partial charge in [-0.2, -0.15) is 0 Å². The summed E-state index contributed by atoms with van der Waals surface area (Å²) in [7, 11) is 0. The van der Waals surface area contributed by atoms with E-state index in [0.717, 1.165) is 30.5 Å². The Balaban J connectivity index is 2.34. The van der Waals surface area contributed by atoms with Crippen molar-refractivity contribution in [2.24, 2.45) is 0 Å². The fraction of sp³-hybridized carbons (Fsp3) is 0.636. The van der Waals surface area contributed by atoms with Crippen LogP contribution in [0.25, 0.3) is 0 Å². The molecule has 1 aliphatic heterocycles. The van der Waals surface area contributed by atoms with Gasteiger partial charge in [-0.3, -0.25) is 0 Å². The fourth-order valence-electron chi connectivity index (χ4n) is 2.23. The molecule has 2 heterocycles. The quantitative estimate of drug-likeness (QED) is 0.714. The summed E-state index contributed by atoms with van der Waals surface area (Å²) in [6.45, 7) is 4.98. The zero-order valence-corrected chi connectivity index (χ0v) is 8.71. The molecule has 2 unspecified atom stereocenters. The molecule has 0 aliphatic carbocycles. The molecule has 1 aliphatic rings. The topological polar surface area (TPSA) is 45.4 Å². The average Bonchev–Trinajstić information content (AvgIpc) is 2.57. The molecule has 0 radical (unpaired) electrons. The molecule has 0 amide bonds. The van der Waals surface area contributed by atoms with Crippen LogP contribution < -0.4 is 5.32 Å². The van der Waals surface area contributed by atoms with Crippen molar-refractivity contribution >= 4 is 0 Å². The van der Waals surface area contributed by atoms with E-state index in [1.165, 1.54) is 0 Å². The van der Waals surface area contributed by atoms with E-state index in [9.17, 15) is 5.11 Å². The maximum atomic E-state index is 10.6. The number of furan rings is 1. The molecular formula is C11H17NO2. The summed E-state index contributed by atoms with van der Waals surface area (Å²) in [5.74, 6) is 0. The second kappa shape index (κ2) is 3.41. The Bertz CT molecular complexity index is 321. The van der Waals surface area contributed by atoms with Gasteiger partial charge < -0.3 is 14.8 Å². The number of hydrogen-bond donors (Lipinski definition) is 2. The third-order valence-electron chi connectivity index (χ3n) is 3.22. The second-order valence-electron chi connectivity index (χ2n) is 4.17. The first-order valence-corrected chi connectivity index (χ1v) is 5.13. The number of aryl methyl sites for hydroxylation is 1. The molecule has 78 valence electrons. The Morgan fingerprint density at radius 3 is 2.93 bits per heavy atom. The van der Waals surface area contributed by atoms with Crippen LogP contribution in [0.3, 0.4) is 0 Å². The van der Waals surface area contributed by atoms with Gasteiger partial charge in [-0.25, -0.2) is 0 Å². The van der Waals surface area contributed by atoms with E-state index in [2.05, 4.69) is 5.32 Å². The normalized spacial score (nSPS) is 33.2. The molecule has 0 spiro atoms. The first-order valence-electron chi connectivity index (χ1n) is 5.13. The molecule has 0 bridgehead atoms. The lowest BCUT2D eigenvalue weighted by atomic mass is 9.80. The zero-order chi connectivity index (χ0) is 10.2. The molecule has 2 N–H and O–H groups in total. The van der Waals surface area contributed by atoms with Crippen LogP contribution in [0.5, 0.6) is 0 Å². The molecule has 3 nitrogen and oxygen atoms in total. The highest BCUT2D eigenvalue weighted by atomic mass is 16.3. The number of nitrogens with one attached hydrogen (secondary N) is 1. The minimum Gasteiger partial charge on any atom is -0.472 e. The molecule has 1 aromatic rings. The Hall–Kier alpha value is -0.800. The van der Waals surface area contributed by atoms with Crippen LogP contribution in [-0.2, 0) is 5.60 Å². The number of piperidine rings is 1. The van der Waals surface area contributed by atoms with Crippen molar-refractivity contribution in [2.75, 3.05) is 6.54 Å². The van der Waals surface area contributed by atoms with Gasteiger partial charge in [-0.05, 0) is 38.8 Å². The van der Waals surface area contributed by atoms with Crippen molar-refractivity contribution in [1.29, 1.82) is 0 Å². The van der Waals surface area contributed by atoms with Crippen LogP contribution in [-0.4, -0.2) is 17.7 Å². The predicted octanol–water partition coefficient (Wildman–Crippen LogP) is 1.55. The molecule has 1 fully saturated rings. The van der Waals surface area contributed by atoms with E-state index in [4.69, 9.17) is 4.42 Å². The van der Waals surface area contributed by atoms with Crippen molar-refractivity contribution in [3.05, 3.63) is 23.7 Å². The van der Waals surface area contributed by atoms with Crippen molar-refractivity contribution in [3.63, 3.8) is 0 Å². The summed E-state index contributed by atoms with van der Waals surface area (Å²) in [6.07, 6.45) is 5.17. The highest BCUT2D eigenvalue weighted by Gasteiger charge is 2.39. The van der Waals surface area contributed by atoms with Crippen LogP contribution in [0.2, 0.25) is 0 Å². The molecule has 2 atom stereocenters. The van der Waals surface area contributed by atoms with Crippen molar-refractivity contribution in [1.82, 2.24) is 5.32 Å². The maximum absolute atomic E-state index is 10.6. The minimum absolute atomic E-state index is 0.0903. The first kappa shape index (κ1) is 9.74. The van der Waals surface area contributed by atoms with Gasteiger partial charge in [0.25, 0.3) is 0 Å². The third kappa shape index (κ3) is 1.37. The monoisotopic (exact) mass is 195 g/mol. The largest absolute Gasteiger partial charge is 0.472 e. The van der Waals surface area contributed by atoms with Gasteiger partial charge in [0.2, 0.25) is 0 Å². The lowest BCUT2D eigenvalue weighted by Crippen LogP contribution is -2.51. The molecule has 1 aromatic heterocycles. The summed E-state index contributed by atoms with van der Waals surface area (Å²) in [6, 6.07) is 0.0903. The van der Waals surface area contributed by atoms with Gasteiger partial charge in [-0.15, -0.1) is 0 Å². The highest BCUT2D eigenvalue weighted by Crippen LogP contribution is 2.34. The Kier molecular flexibility index (Phi) is 2.37. The molecule has 14 heavy (non-hydrogen) atoms. The van der Waals surface area contributed by atoms with E-state index in [1.807, 2.05) is 13.8 Å². The third-order valence-corrected chi connectivity index (χ3v) is 3.22. The van der Waals surface area contributed by atoms with Crippen LogP contribution in [0.15, 0.2) is 16.9 Å². The summed E-state index contributed by atoms with van der Waals surface area (Å²) in [4.78, 5) is 0. The molecular weight excluding hydrogens is 178 g/mol. The van der Waals surface area contributed by atoms with Crippen molar-refractivity contribution in [3.8, 4) is 0 Å². The average molecular weight is 195 g/mol. The Labute approximate surface area is 84.1 Å². The van der Waals surface area contributed by atoms with Gasteiger partial charge in [0.1, 0.15) is 5.60 Å². The Morgan fingerprint density at radius 1 is 1.57 bits per heavy atom. The van der Waals surface area contributed by atoms with Gasteiger partial charge >= 0.3 is 0 Å². The van der Waals surface area contributed by atoms with Gasteiger partial charge in [0.05, 0.1) is 12.5 Å². The lowest BCUT2D eigenvalue weighted by molar-refractivity contribution is -0.0235. The smallest absolute Gasteiger partial charge is 0.108 e. The van der Waals surface area contributed by atoms with Crippen LogP contribution in [0, 0.1) is 6.92 Å². The standard InChI is InChI=1S/C11H17NO2/c1-8-6-14-7-10(8)11(13)4-3-5-12-9(11)2/h6-7,9,12-13H,3-5H2,1-2H3. The van der Waals surface area contributed by atoms with Crippen LogP contribution >= 0.6 is 0 Å². The van der Waals surface area contributed by atoms with Crippen LogP contribution in [0.1, 0.15) is 30.9 Å². The first-order chi connectivity index (χ1) is 6.64. The number of hydrogen-bond acceptors (Lipinski definition) is 3. The maximum Gasteiger partial charge on any atom is 0.108 e. The molecule has 2 rings (SSSR count). The molecule has 1 saturated heterocycles. The van der Waals surface area contributed by atoms with Gasteiger partial charge in [-0.1, -0.05) is 0 Å². The summed E-state index contributed by atoms with van der Waals surface area (Å²) >= 11 is 0. The summed E-state index contributed by atoms with van der Waals surface area (Å²) < 4.78 is 5.12. The van der Waals surface area contributed by atoms with Gasteiger partial charge in [0, 0.05) is 11.6 Å². The zero-order valence-electron chi connectivity index (χ0n) is 8.71. The van der Waals surface area contributed by atoms with Crippen molar-refractivity contribution < 1.29 is 9.52 Å². The van der Waals surface area contributed by atoms with E-state index >= 15 is 0 Å². The second-order valence-corrected chi connectivity index (χ2v) is 4.17. The predicted molar refractivity (Wildman–Crippen MR) is 54.0 cm³/mol. The number of aliphatic hydroxyl groups is 1. The lowest BCUT2D eigenvalue weighted by Gasteiger charge is -2.38. The molecule has 3 heteroatoms. The molecule has 0 saturated carbocycles. The fourth-order valence-corrected chi connectivity index (χ4v) is 2.23.